The predicted octanol–water partition coefficient (Wildman–Crippen LogP) is 4.15. The predicted molar refractivity (Wildman–Crippen MR) is 132 cm³/mol. The summed E-state index contributed by atoms with van der Waals surface area (Å²) in [5, 5.41) is 25.4. The van der Waals surface area contributed by atoms with E-state index in [-0.39, 0.29) is 13.2 Å². The quantitative estimate of drug-likeness (QED) is 0.286. The fourth-order valence-electron chi connectivity index (χ4n) is 4.74. The molecule has 0 unspecified atom stereocenters. The number of benzene rings is 3. The van der Waals surface area contributed by atoms with Crippen molar-refractivity contribution in [2.24, 2.45) is 0 Å². The highest BCUT2D eigenvalue weighted by atomic mass is 16.5. The van der Waals surface area contributed by atoms with Gasteiger partial charge in [-0.15, -0.1) is 0 Å². The summed E-state index contributed by atoms with van der Waals surface area (Å²) in [4.78, 5) is 0. The van der Waals surface area contributed by atoms with Crippen molar-refractivity contribution in [3.05, 3.63) is 95.6 Å². The van der Waals surface area contributed by atoms with Gasteiger partial charge in [-0.25, -0.2) is 0 Å². The molecule has 0 aromatic heterocycles. The van der Waals surface area contributed by atoms with Crippen LogP contribution < -0.4 is 14.8 Å². The highest BCUT2D eigenvalue weighted by Gasteiger charge is 2.54. The average molecular weight is 450 g/mol. The number of ether oxygens (including phenoxy) is 2. The average Bonchev–Trinajstić information content (AvgIpc) is 2.89. The maximum absolute atomic E-state index is 10.9. The molecule has 0 aliphatic rings. The molecule has 0 heterocycles. The van der Waals surface area contributed by atoms with Crippen molar-refractivity contribution in [1.82, 2.24) is 5.32 Å². The van der Waals surface area contributed by atoms with Crippen molar-refractivity contribution >= 4 is 0 Å². The minimum absolute atomic E-state index is 0.264. The van der Waals surface area contributed by atoms with E-state index in [0.29, 0.717) is 6.54 Å². The topological polar surface area (TPSA) is 71.0 Å². The standard InChI is InChI=1S/C28H35NO4/c1-4-5-19-29-27(20-30,21-31)28(22-9-7-6-8-10-22,23-11-15-25(32-2)16-12-23)24-13-17-26(33-3)18-14-24/h6-18,29-31H,4-5,19-21H2,1-3H3. The zero-order chi connectivity index (χ0) is 23.7. The van der Waals surface area contributed by atoms with Crippen LogP contribution in [0.2, 0.25) is 0 Å². The van der Waals surface area contributed by atoms with E-state index in [1.54, 1.807) is 14.2 Å². The van der Waals surface area contributed by atoms with Gasteiger partial charge in [-0.1, -0.05) is 67.9 Å². The van der Waals surface area contributed by atoms with Gasteiger partial charge in [0.05, 0.1) is 38.4 Å². The molecule has 0 radical (unpaired) electrons. The molecule has 3 rings (SSSR count). The van der Waals surface area contributed by atoms with Crippen molar-refractivity contribution in [3.8, 4) is 11.5 Å². The summed E-state index contributed by atoms with van der Waals surface area (Å²) < 4.78 is 10.8. The van der Waals surface area contributed by atoms with Crippen LogP contribution in [0, 0.1) is 0 Å². The molecule has 0 bridgehead atoms. The minimum atomic E-state index is -1.08. The highest BCUT2D eigenvalue weighted by molar-refractivity contribution is 5.56. The largest absolute Gasteiger partial charge is 0.497 e. The van der Waals surface area contributed by atoms with E-state index in [0.717, 1.165) is 41.0 Å². The van der Waals surface area contributed by atoms with Gasteiger partial charge >= 0.3 is 0 Å². The third kappa shape index (κ3) is 4.62. The number of unbranched alkanes of at least 4 members (excludes halogenated alkanes) is 1. The van der Waals surface area contributed by atoms with Crippen molar-refractivity contribution in [2.75, 3.05) is 34.0 Å². The second-order valence-corrected chi connectivity index (χ2v) is 8.25. The number of hydrogen-bond acceptors (Lipinski definition) is 5. The Morgan fingerprint density at radius 2 is 1.15 bits per heavy atom. The third-order valence-electron chi connectivity index (χ3n) is 6.50. The Kier molecular flexibility index (Phi) is 8.50. The third-order valence-corrected chi connectivity index (χ3v) is 6.50. The van der Waals surface area contributed by atoms with Gasteiger partial charge in [-0.2, -0.15) is 0 Å². The molecule has 176 valence electrons. The van der Waals surface area contributed by atoms with Gasteiger partial charge in [0, 0.05) is 0 Å². The van der Waals surface area contributed by atoms with E-state index >= 15 is 0 Å². The van der Waals surface area contributed by atoms with E-state index < -0.39 is 11.0 Å². The molecule has 0 aliphatic heterocycles. The fourth-order valence-corrected chi connectivity index (χ4v) is 4.74. The van der Waals surface area contributed by atoms with Gasteiger partial charge in [-0.05, 0) is 53.9 Å². The summed E-state index contributed by atoms with van der Waals surface area (Å²) in [6.07, 6.45) is 1.93. The van der Waals surface area contributed by atoms with Crippen LogP contribution in [0.4, 0.5) is 0 Å². The van der Waals surface area contributed by atoms with Crippen LogP contribution >= 0.6 is 0 Å². The second-order valence-electron chi connectivity index (χ2n) is 8.25. The Morgan fingerprint density at radius 1 is 0.697 bits per heavy atom. The molecule has 3 aromatic carbocycles. The van der Waals surface area contributed by atoms with Crippen LogP contribution in [0.15, 0.2) is 78.9 Å². The molecule has 0 amide bonds. The zero-order valence-electron chi connectivity index (χ0n) is 19.8. The monoisotopic (exact) mass is 449 g/mol. The number of rotatable bonds is 12. The summed E-state index contributed by atoms with van der Waals surface area (Å²) >= 11 is 0. The Bertz CT molecular complexity index is 920. The first kappa shape index (κ1) is 24.8. The lowest BCUT2D eigenvalue weighted by molar-refractivity contribution is 0.0535. The molecule has 5 nitrogen and oxygen atoms in total. The van der Waals surface area contributed by atoms with Gasteiger partial charge in [0.25, 0.3) is 0 Å². The van der Waals surface area contributed by atoms with Crippen molar-refractivity contribution in [3.63, 3.8) is 0 Å². The van der Waals surface area contributed by atoms with E-state index in [9.17, 15) is 10.2 Å². The smallest absolute Gasteiger partial charge is 0.118 e. The van der Waals surface area contributed by atoms with Crippen molar-refractivity contribution in [1.29, 1.82) is 0 Å². The van der Waals surface area contributed by atoms with Crippen LogP contribution in [-0.4, -0.2) is 49.7 Å². The van der Waals surface area contributed by atoms with Gasteiger partial charge in [0.15, 0.2) is 0 Å². The van der Waals surface area contributed by atoms with Gasteiger partial charge < -0.3 is 25.0 Å². The SMILES string of the molecule is CCCCNC(CO)(CO)C(c1ccccc1)(c1ccc(OC)cc1)c1ccc(OC)cc1. The van der Waals surface area contributed by atoms with Gasteiger partial charge in [0.1, 0.15) is 11.5 Å². The lowest BCUT2D eigenvalue weighted by Gasteiger charge is -2.51. The normalized spacial score (nSPS) is 11.9. The zero-order valence-corrected chi connectivity index (χ0v) is 19.8. The molecule has 3 N–H and O–H groups in total. The molecule has 3 aromatic rings. The maximum atomic E-state index is 10.9. The summed E-state index contributed by atoms with van der Waals surface area (Å²) in [6, 6.07) is 25.8. The molecule has 0 spiro atoms. The molecule has 33 heavy (non-hydrogen) atoms. The van der Waals surface area contributed by atoms with Crippen LogP contribution in [0.3, 0.4) is 0 Å². The van der Waals surface area contributed by atoms with Crippen molar-refractivity contribution in [2.45, 2.75) is 30.7 Å². The molecular formula is C28H35NO4. The van der Waals surface area contributed by atoms with Crippen molar-refractivity contribution < 1.29 is 19.7 Å². The molecule has 0 aliphatic carbocycles. The number of nitrogens with one attached hydrogen (secondary N) is 1. The summed E-state index contributed by atoms with van der Waals surface area (Å²) in [7, 11) is 3.28. The van der Waals surface area contributed by atoms with Crippen LogP contribution in [0.5, 0.6) is 11.5 Å². The maximum Gasteiger partial charge on any atom is 0.118 e. The van der Waals surface area contributed by atoms with Crippen LogP contribution in [0.25, 0.3) is 0 Å². The van der Waals surface area contributed by atoms with Gasteiger partial charge in [0.2, 0.25) is 0 Å². The number of hydrogen-bond donors (Lipinski definition) is 3. The molecule has 0 atom stereocenters. The number of aliphatic hydroxyl groups excluding tert-OH is 2. The summed E-state index contributed by atoms with van der Waals surface area (Å²) in [6.45, 7) is 2.26. The minimum Gasteiger partial charge on any atom is -0.497 e. The first-order valence-corrected chi connectivity index (χ1v) is 11.4. The molecule has 5 heteroatoms. The first-order chi connectivity index (χ1) is 16.1. The molecular weight excluding hydrogens is 414 g/mol. The van der Waals surface area contributed by atoms with E-state index in [4.69, 9.17) is 9.47 Å². The Morgan fingerprint density at radius 3 is 1.55 bits per heavy atom. The van der Waals surface area contributed by atoms with Crippen LogP contribution in [-0.2, 0) is 5.41 Å². The molecule has 0 saturated carbocycles. The second kappa shape index (κ2) is 11.3. The fraction of sp³-hybridized carbons (Fsp3) is 0.357. The molecule has 0 fully saturated rings. The lowest BCUT2D eigenvalue weighted by atomic mass is 9.58. The first-order valence-electron chi connectivity index (χ1n) is 11.4. The van der Waals surface area contributed by atoms with E-state index in [1.807, 2.05) is 66.7 Å². The number of aliphatic hydroxyl groups is 2. The highest BCUT2D eigenvalue weighted by Crippen LogP contribution is 2.48. The molecule has 0 saturated heterocycles. The Labute approximate surface area is 197 Å². The number of methoxy groups -OCH3 is 2. The van der Waals surface area contributed by atoms with E-state index in [1.165, 1.54) is 0 Å². The Balaban J connectivity index is 2.39. The summed E-state index contributed by atoms with van der Waals surface area (Å²) in [5.41, 5.74) is 0.863. The van der Waals surface area contributed by atoms with E-state index in [2.05, 4.69) is 24.4 Å². The Hall–Kier alpha value is -2.86. The lowest BCUT2D eigenvalue weighted by Crippen LogP contribution is -2.66. The van der Waals surface area contributed by atoms with Crippen LogP contribution in [0.1, 0.15) is 36.5 Å². The summed E-state index contributed by atoms with van der Waals surface area (Å²) in [5.74, 6) is 1.49. The van der Waals surface area contributed by atoms with Gasteiger partial charge in [-0.3, -0.25) is 0 Å².